The molecule has 24 heavy (non-hydrogen) atoms. The summed E-state index contributed by atoms with van der Waals surface area (Å²) in [7, 11) is 0. The molecule has 3 rings (SSSR count). The molecule has 2 amide bonds. The molecule has 0 atom stereocenters. The molecule has 0 saturated carbocycles. The van der Waals surface area contributed by atoms with Crippen LogP contribution in [-0.4, -0.2) is 18.4 Å². The predicted molar refractivity (Wildman–Crippen MR) is 88.8 cm³/mol. The normalized spacial score (nSPS) is 10.4. The first-order valence-corrected chi connectivity index (χ1v) is 7.49. The summed E-state index contributed by atoms with van der Waals surface area (Å²) in [5.74, 6) is -0.142. The summed E-state index contributed by atoms with van der Waals surface area (Å²) in [5, 5.41) is 0.820. The number of ether oxygens (including phenoxy) is 1. The van der Waals surface area contributed by atoms with Crippen LogP contribution in [0.5, 0.6) is 5.75 Å². The summed E-state index contributed by atoms with van der Waals surface area (Å²) in [6.45, 7) is 2.44. The van der Waals surface area contributed by atoms with Gasteiger partial charge in [-0.25, -0.2) is 0 Å². The van der Waals surface area contributed by atoms with Gasteiger partial charge in [0, 0.05) is 10.9 Å². The number of hydrogen-bond donors (Lipinski definition) is 2. The number of fused-ring (bicyclic) bond motifs is 1. The third-order valence-corrected chi connectivity index (χ3v) is 3.37. The topological polar surface area (TPSA) is 80.6 Å². The molecule has 0 aliphatic rings. The van der Waals surface area contributed by atoms with E-state index in [0.717, 1.165) is 5.39 Å². The second-order valence-corrected chi connectivity index (χ2v) is 5.01. The van der Waals surface area contributed by atoms with Crippen molar-refractivity contribution in [1.82, 2.24) is 10.9 Å². The van der Waals surface area contributed by atoms with Gasteiger partial charge in [-0.15, -0.1) is 0 Å². The smallest absolute Gasteiger partial charge is 0.305 e. The molecule has 1 aromatic heterocycles. The van der Waals surface area contributed by atoms with E-state index in [0.29, 0.717) is 23.5 Å². The van der Waals surface area contributed by atoms with Crippen molar-refractivity contribution in [2.24, 2.45) is 0 Å². The zero-order valence-electron chi connectivity index (χ0n) is 13.0. The predicted octanol–water partition coefficient (Wildman–Crippen LogP) is 2.91. The molecule has 0 radical (unpaired) electrons. The van der Waals surface area contributed by atoms with Crippen LogP contribution in [0.4, 0.5) is 0 Å². The van der Waals surface area contributed by atoms with Crippen LogP contribution in [0.2, 0.25) is 0 Å². The van der Waals surface area contributed by atoms with Crippen molar-refractivity contribution in [3.63, 3.8) is 0 Å². The van der Waals surface area contributed by atoms with Gasteiger partial charge in [0.05, 0.1) is 6.61 Å². The minimum absolute atomic E-state index is 0.128. The molecule has 0 saturated heterocycles. The fourth-order valence-corrected chi connectivity index (χ4v) is 2.21. The molecule has 0 bridgehead atoms. The minimum Gasteiger partial charge on any atom is -0.494 e. The maximum atomic E-state index is 12.0. The first-order chi connectivity index (χ1) is 11.7. The summed E-state index contributed by atoms with van der Waals surface area (Å²) >= 11 is 0. The lowest BCUT2D eigenvalue weighted by atomic mass is 10.2. The lowest BCUT2D eigenvalue weighted by Crippen LogP contribution is -2.41. The highest BCUT2D eigenvalue weighted by atomic mass is 16.5. The molecular weight excluding hydrogens is 308 g/mol. The van der Waals surface area contributed by atoms with E-state index >= 15 is 0 Å². The molecule has 1 heterocycles. The number of furan rings is 1. The highest BCUT2D eigenvalue weighted by molar-refractivity contribution is 5.99. The molecule has 6 heteroatoms. The molecule has 2 N–H and O–H groups in total. The van der Waals surface area contributed by atoms with Crippen molar-refractivity contribution < 1.29 is 18.7 Å². The second kappa shape index (κ2) is 6.87. The maximum absolute atomic E-state index is 12.0. The summed E-state index contributed by atoms with van der Waals surface area (Å²) < 4.78 is 10.7. The van der Waals surface area contributed by atoms with Crippen molar-refractivity contribution >= 4 is 22.8 Å². The van der Waals surface area contributed by atoms with Gasteiger partial charge >= 0.3 is 5.91 Å². The summed E-state index contributed by atoms with van der Waals surface area (Å²) in [4.78, 5) is 24.1. The Hall–Kier alpha value is -3.28. The van der Waals surface area contributed by atoms with E-state index in [-0.39, 0.29) is 5.76 Å². The van der Waals surface area contributed by atoms with Gasteiger partial charge in [0.2, 0.25) is 0 Å². The Balaban J connectivity index is 1.61. The van der Waals surface area contributed by atoms with Gasteiger partial charge in [0.25, 0.3) is 5.91 Å². The van der Waals surface area contributed by atoms with Gasteiger partial charge in [-0.1, -0.05) is 18.2 Å². The highest BCUT2D eigenvalue weighted by Crippen LogP contribution is 2.18. The number of carbonyl (C=O) groups is 2. The zero-order valence-corrected chi connectivity index (χ0v) is 13.0. The molecule has 6 nitrogen and oxygen atoms in total. The van der Waals surface area contributed by atoms with Crippen molar-refractivity contribution in [1.29, 1.82) is 0 Å². The average Bonchev–Trinajstić information content (AvgIpc) is 3.04. The molecule has 0 fully saturated rings. The van der Waals surface area contributed by atoms with E-state index in [1.54, 1.807) is 36.4 Å². The number of carbonyl (C=O) groups excluding carboxylic acids is 2. The molecule has 0 spiro atoms. The fraction of sp³-hybridized carbons (Fsp3) is 0.111. The van der Waals surface area contributed by atoms with Gasteiger partial charge < -0.3 is 9.15 Å². The van der Waals surface area contributed by atoms with Gasteiger partial charge in [-0.3, -0.25) is 20.4 Å². The number of hydrazine groups is 1. The van der Waals surface area contributed by atoms with E-state index in [4.69, 9.17) is 9.15 Å². The van der Waals surface area contributed by atoms with E-state index < -0.39 is 11.8 Å². The molecular formula is C18H16N2O4. The average molecular weight is 324 g/mol. The van der Waals surface area contributed by atoms with Crippen LogP contribution in [0.3, 0.4) is 0 Å². The number of benzene rings is 2. The standard InChI is InChI=1S/C18H16N2O4/c1-2-23-14-9-7-12(8-10-14)17(21)19-20-18(22)16-11-13-5-3-4-6-15(13)24-16/h3-11H,2H2,1H3,(H,19,21)(H,20,22). The Morgan fingerprint density at radius 3 is 2.42 bits per heavy atom. The van der Waals surface area contributed by atoms with Crippen molar-refractivity contribution in [3.05, 3.63) is 65.9 Å². The van der Waals surface area contributed by atoms with Crippen LogP contribution >= 0.6 is 0 Å². The third kappa shape index (κ3) is 3.38. The van der Waals surface area contributed by atoms with E-state index in [2.05, 4.69) is 10.9 Å². The first-order valence-electron chi connectivity index (χ1n) is 7.49. The summed E-state index contributed by atoms with van der Waals surface area (Å²) in [6.07, 6.45) is 0. The van der Waals surface area contributed by atoms with Crippen molar-refractivity contribution in [3.8, 4) is 5.75 Å². The third-order valence-electron chi connectivity index (χ3n) is 3.37. The number of hydrogen-bond acceptors (Lipinski definition) is 4. The maximum Gasteiger partial charge on any atom is 0.305 e. The minimum atomic E-state index is -0.523. The number of amides is 2. The lowest BCUT2D eigenvalue weighted by molar-refractivity contribution is 0.0832. The fourth-order valence-electron chi connectivity index (χ4n) is 2.21. The SMILES string of the molecule is CCOc1ccc(C(=O)NNC(=O)c2cc3ccccc3o2)cc1. The first kappa shape index (κ1) is 15.6. The van der Waals surface area contributed by atoms with E-state index in [1.165, 1.54) is 0 Å². The Morgan fingerprint density at radius 2 is 1.71 bits per heavy atom. The van der Waals surface area contributed by atoms with Gasteiger partial charge in [0.1, 0.15) is 11.3 Å². The number of rotatable bonds is 4. The van der Waals surface area contributed by atoms with Crippen molar-refractivity contribution in [2.75, 3.05) is 6.61 Å². The van der Waals surface area contributed by atoms with Crippen LogP contribution in [0.25, 0.3) is 11.0 Å². The van der Waals surface area contributed by atoms with Crippen LogP contribution in [0, 0.1) is 0 Å². The molecule has 0 aliphatic heterocycles. The molecule has 0 aliphatic carbocycles. The van der Waals surface area contributed by atoms with Gasteiger partial charge in [-0.2, -0.15) is 0 Å². The quantitative estimate of drug-likeness (QED) is 0.723. The number of para-hydroxylation sites is 1. The van der Waals surface area contributed by atoms with Crippen LogP contribution in [0.15, 0.2) is 59.0 Å². The Kier molecular flexibility index (Phi) is 4.47. The van der Waals surface area contributed by atoms with Crippen molar-refractivity contribution in [2.45, 2.75) is 6.92 Å². The largest absolute Gasteiger partial charge is 0.494 e. The Labute approximate surface area is 138 Å². The second-order valence-electron chi connectivity index (χ2n) is 5.01. The highest BCUT2D eigenvalue weighted by Gasteiger charge is 2.13. The van der Waals surface area contributed by atoms with Crippen LogP contribution in [-0.2, 0) is 0 Å². The molecule has 122 valence electrons. The van der Waals surface area contributed by atoms with Crippen LogP contribution in [0.1, 0.15) is 27.8 Å². The molecule has 0 unspecified atom stereocenters. The zero-order chi connectivity index (χ0) is 16.9. The summed E-state index contributed by atoms with van der Waals surface area (Å²) in [5.41, 5.74) is 5.71. The monoisotopic (exact) mass is 324 g/mol. The Morgan fingerprint density at radius 1 is 1.00 bits per heavy atom. The number of nitrogens with one attached hydrogen (secondary N) is 2. The Bertz CT molecular complexity index is 835. The van der Waals surface area contributed by atoms with Gasteiger partial charge in [0.15, 0.2) is 5.76 Å². The lowest BCUT2D eigenvalue weighted by Gasteiger charge is -2.07. The van der Waals surface area contributed by atoms with E-state index in [1.807, 2.05) is 25.1 Å². The van der Waals surface area contributed by atoms with Gasteiger partial charge in [-0.05, 0) is 43.3 Å². The molecule has 3 aromatic rings. The van der Waals surface area contributed by atoms with Crippen LogP contribution < -0.4 is 15.6 Å². The van der Waals surface area contributed by atoms with E-state index in [9.17, 15) is 9.59 Å². The summed E-state index contributed by atoms with van der Waals surface area (Å²) in [6, 6.07) is 15.5. The molecule has 2 aromatic carbocycles.